The van der Waals surface area contributed by atoms with Crippen molar-refractivity contribution in [2.45, 2.75) is 13.0 Å². The summed E-state index contributed by atoms with van der Waals surface area (Å²) in [6.45, 7) is 1.61. The van der Waals surface area contributed by atoms with Gasteiger partial charge in [0.25, 0.3) is 5.91 Å². The Balaban J connectivity index is 2.10. The van der Waals surface area contributed by atoms with Crippen molar-refractivity contribution in [1.82, 2.24) is 9.80 Å². The number of anilines is 1. The van der Waals surface area contributed by atoms with E-state index in [0.29, 0.717) is 5.70 Å². The first-order valence-corrected chi connectivity index (χ1v) is 8.34. The van der Waals surface area contributed by atoms with Gasteiger partial charge >= 0.3 is 6.03 Å². The second-order valence-corrected chi connectivity index (χ2v) is 6.31. The first-order chi connectivity index (χ1) is 12.8. The molecule has 1 heterocycles. The molecule has 1 N–H and O–H groups in total. The lowest BCUT2D eigenvalue weighted by molar-refractivity contribution is -0.113. The van der Waals surface area contributed by atoms with Crippen LogP contribution in [0.15, 0.2) is 59.8 Å². The van der Waals surface area contributed by atoms with E-state index in [2.05, 4.69) is 5.32 Å². The summed E-state index contributed by atoms with van der Waals surface area (Å²) in [5.74, 6) is -1.71. The zero-order valence-electron chi connectivity index (χ0n) is 15.2. The molecule has 7 heteroatoms. The summed E-state index contributed by atoms with van der Waals surface area (Å²) < 4.78 is 28.4. The first kappa shape index (κ1) is 18.6. The molecule has 5 nitrogen and oxygen atoms in total. The number of para-hydroxylation sites is 1. The summed E-state index contributed by atoms with van der Waals surface area (Å²) in [4.78, 5) is 28.1. The molecule has 0 aromatic heterocycles. The number of rotatable bonds is 3. The van der Waals surface area contributed by atoms with E-state index in [0.717, 1.165) is 0 Å². The van der Waals surface area contributed by atoms with Crippen molar-refractivity contribution in [2.75, 3.05) is 19.4 Å². The number of nitrogens with zero attached hydrogens (tertiary/aromatic N) is 2. The van der Waals surface area contributed by atoms with Gasteiger partial charge in [-0.15, -0.1) is 0 Å². The van der Waals surface area contributed by atoms with E-state index in [-0.39, 0.29) is 22.9 Å². The lowest BCUT2D eigenvalue weighted by Crippen LogP contribution is -2.48. The highest BCUT2D eigenvalue weighted by Gasteiger charge is 2.39. The number of amides is 3. The highest BCUT2D eigenvalue weighted by molar-refractivity contribution is 6.06. The van der Waals surface area contributed by atoms with E-state index in [4.69, 9.17) is 0 Å². The monoisotopic (exact) mass is 371 g/mol. The predicted molar refractivity (Wildman–Crippen MR) is 97.8 cm³/mol. The number of urea groups is 1. The van der Waals surface area contributed by atoms with Gasteiger partial charge in [-0.1, -0.05) is 30.3 Å². The number of carbonyl (C=O) groups excluding carboxylic acids is 2. The van der Waals surface area contributed by atoms with Crippen LogP contribution in [0.3, 0.4) is 0 Å². The molecule has 3 rings (SSSR count). The van der Waals surface area contributed by atoms with E-state index >= 15 is 0 Å². The SMILES string of the molecule is CC1=C(C(=O)Nc2ccccc2F)[C@@H](c2ccccc2F)N(C)C(=O)N1C. The smallest absolute Gasteiger partial charge is 0.320 e. The molecule has 0 fully saturated rings. The van der Waals surface area contributed by atoms with Gasteiger partial charge in [-0.05, 0) is 25.1 Å². The van der Waals surface area contributed by atoms with Crippen LogP contribution in [-0.2, 0) is 4.79 Å². The molecular weight excluding hydrogens is 352 g/mol. The van der Waals surface area contributed by atoms with Crippen molar-refractivity contribution < 1.29 is 18.4 Å². The minimum Gasteiger partial charge on any atom is -0.320 e. The molecule has 1 atom stereocenters. The quantitative estimate of drug-likeness (QED) is 0.889. The van der Waals surface area contributed by atoms with Crippen LogP contribution in [0.4, 0.5) is 19.3 Å². The standard InChI is InChI=1S/C20H19F2N3O2/c1-12-17(19(26)23-16-11-7-6-10-15(16)22)18(25(3)20(27)24(12)2)13-8-4-5-9-14(13)21/h4-11,18H,1-3H3,(H,23,26)/t18-/m1/s1. The zero-order valence-corrected chi connectivity index (χ0v) is 15.2. The fourth-order valence-electron chi connectivity index (χ4n) is 3.16. The summed E-state index contributed by atoms with van der Waals surface area (Å²) in [5.41, 5.74) is 0.755. The number of likely N-dealkylation sites (N-methyl/N-ethyl adjacent to an activating group) is 1. The molecule has 2 aromatic carbocycles. The molecule has 3 amide bonds. The molecule has 140 valence electrons. The van der Waals surface area contributed by atoms with Crippen molar-refractivity contribution in [2.24, 2.45) is 0 Å². The largest absolute Gasteiger partial charge is 0.324 e. The lowest BCUT2D eigenvalue weighted by atomic mass is 9.92. The zero-order chi connectivity index (χ0) is 19.7. The third-order valence-electron chi connectivity index (χ3n) is 4.71. The summed E-state index contributed by atoms with van der Waals surface area (Å²) in [6, 6.07) is 10.4. The highest BCUT2D eigenvalue weighted by atomic mass is 19.1. The molecule has 0 radical (unpaired) electrons. The molecule has 0 unspecified atom stereocenters. The number of allylic oxidation sites excluding steroid dienone is 1. The van der Waals surface area contributed by atoms with Gasteiger partial charge in [-0.25, -0.2) is 13.6 Å². The molecule has 0 saturated heterocycles. The summed E-state index contributed by atoms with van der Waals surface area (Å²) in [7, 11) is 3.03. The maximum atomic E-state index is 14.5. The first-order valence-electron chi connectivity index (χ1n) is 8.34. The molecule has 1 aliphatic heterocycles. The molecule has 0 bridgehead atoms. The van der Waals surface area contributed by atoms with Gasteiger partial charge in [-0.2, -0.15) is 0 Å². The molecule has 2 aromatic rings. The maximum absolute atomic E-state index is 14.5. The molecule has 0 saturated carbocycles. The van der Waals surface area contributed by atoms with Gasteiger partial charge in [0.2, 0.25) is 0 Å². The van der Waals surface area contributed by atoms with Crippen molar-refractivity contribution in [3.63, 3.8) is 0 Å². The molecule has 0 aliphatic carbocycles. The third-order valence-corrected chi connectivity index (χ3v) is 4.71. The van der Waals surface area contributed by atoms with Crippen molar-refractivity contribution in [3.05, 3.63) is 77.0 Å². The Morgan fingerprint density at radius 1 is 1.00 bits per heavy atom. The second-order valence-electron chi connectivity index (χ2n) is 6.31. The molecule has 0 spiro atoms. The fourth-order valence-corrected chi connectivity index (χ4v) is 3.16. The average Bonchev–Trinajstić information content (AvgIpc) is 2.65. The van der Waals surface area contributed by atoms with Crippen LogP contribution >= 0.6 is 0 Å². The Bertz CT molecular complexity index is 942. The van der Waals surface area contributed by atoms with Gasteiger partial charge in [0.05, 0.1) is 17.3 Å². The number of carbonyl (C=O) groups is 2. The maximum Gasteiger partial charge on any atom is 0.324 e. The van der Waals surface area contributed by atoms with Crippen LogP contribution in [0.25, 0.3) is 0 Å². The van der Waals surface area contributed by atoms with E-state index in [1.54, 1.807) is 19.1 Å². The summed E-state index contributed by atoms with van der Waals surface area (Å²) >= 11 is 0. The van der Waals surface area contributed by atoms with Crippen LogP contribution in [0.2, 0.25) is 0 Å². The average molecular weight is 371 g/mol. The predicted octanol–water partition coefficient (Wildman–Crippen LogP) is 3.92. The van der Waals surface area contributed by atoms with E-state index in [9.17, 15) is 18.4 Å². The number of nitrogens with one attached hydrogen (secondary N) is 1. The molecular formula is C20H19F2N3O2. The summed E-state index contributed by atoms with van der Waals surface area (Å²) in [5, 5.41) is 2.53. The summed E-state index contributed by atoms with van der Waals surface area (Å²) in [6.07, 6.45) is 0. The fraction of sp³-hybridized carbons (Fsp3) is 0.200. The van der Waals surface area contributed by atoms with Crippen LogP contribution in [0.1, 0.15) is 18.5 Å². The van der Waals surface area contributed by atoms with Gasteiger partial charge in [0.15, 0.2) is 0 Å². The Hall–Kier alpha value is -3.22. The van der Waals surface area contributed by atoms with E-state index in [1.807, 2.05) is 0 Å². The highest BCUT2D eigenvalue weighted by Crippen LogP contribution is 2.37. The van der Waals surface area contributed by atoms with Crippen molar-refractivity contribution >= 4 is 17.6 Å². The number of benzene rings is 2. The van der Waals surface area contributed by atoms with E-state index < -0.39 is 23.6 Å². The minimum absolute atomic E-state index is 0.0114. The van der Waals surface area contributed by atoms with Gasteiger partial charge in [0.1, 0.15) is 11.6 Å². The van der Waals surface area contributed by atoms with Crippen LogP contribution in [-0.4, -0.2) is 35.8 Å². The van der Waals surface area contributed by atoms with Gasteiger partial charge in [-0.3, -0.25) is 4.79 Å². The normalized spacial score (nSPS) is 17.4. The molecule has 1 aliphatic rings. The van der Waals surface area contributed by atoms with Crippen LogP contribution in [0, 0.1) is 11.6 Å². The number of hydrogen-bond donors (Lipinski definition) is 1. The lowest BCUT2D eigenvalue weighted by Gasteiger charge is -2.39. The Morgan fingerprint density at radius 2 is 1.59 bits per heavy atom. The van der Waals surface area contributed by atoms with Gasteiger partial charge in [0, 0.05) is 25.4 Å². The Labute approximate surface area is 155 Å². The second kappa shape index (κ2) is 7.19. The Kier molecular flexibility index (Phi) is 4.94. The molecule has 27 heavy (non-hydrogen) atoms. The topological polar surface area (TPSA) is 52.7 Å². The third kappa shape index (κ3) is 3.28. The van der Waals surface area contributed by atoms with Gasteiger partial charge < -0.3 is 15.1 Å². The number of hydrogen-bond acceptors (Lipinski definition) is 2. The van der Waals surface area contributed by atoms with Crippen molar-refractivity contribution in [1.29, 1.82) is 0 Å². The Morgan fingerprint density at radius 3 is 2.22 bits per heavy atom. The van der Waals surface area contributed by atoms with E-state index in [1.165, 1.54) is 60.3 Å². The minimum atomic E-state index is -0.929. The van der Waals surface area contributed by atoms with Crippen LogP contribution < -0.4 is 5.32 Å². The van der Waals surface area contributed by atoms with Crippen molar-refractivity contribution in [3.8, 4) is 0 Å². The van der Waals surface area contributed by atoms with Crippen LogP contribution in [0.5, 0.6) is 0 Å². The number of halogens is 2.